The van der Waals surface area contributed by atoms with E-state index in [0.29, 0.717) is 87.9 Å². The lowest BCUT2D eigenvalue weighted by Gasteiger charge is -2.32. The SMILES string of the molecule is CCc1cc(C(C)(C)C2C=CC=C3C(=O)N(C4=CC=C(Oc5ccc(C(=O)c6ccc7c(c6)-c6ccccc6-7)cc5)C=CC4)CC3=C2)ccc1C(=O)N(C=O)c1ccc(Oc2ccc(C(=O)c3ccc4c(c3)-c3ccccc3-4)cc2)cc1. The van der Waals surface area contributed by atoms with E-state index in [1.807, 2.05) is 121 Å². The van der Waals surface area contributed by atoms with Gasteiger partial charge in [0, 0.05) is 51.4 Å². The molecule has 8 aromatic carbocycles. The van der Waals surface area contributed by atoms with Gasteiger partial charge in [-0.05, 0) is 188 Å². The summed E-state index contributed by atoms with van der Waals surface area (Å²) in [5.74, 6) is 1.49. The molecule has 0 bridgehead atoms. The van der Waals surface area contributed by atoms with E-state index < -0.39 is 11.3 Å². The Morgan fingerprint density at radius 1 is 0.610 bits per heavy atom. The Morgan fingerprint density at radius 2 is 1.15 bits per heavy atom. The molecule has 82 heavy (non-hydrogen) atoms. The summed E-state index contributed by atoms with van der Waals surface area (Å²) >= 11 is 0. The third-order valence-corrected chi connectivity index (χ3v) is 16.5. The highest BCUT2D eigenvalue weighted by molar-refractivity contribution is 6.16. The van der Waals surface area contributed by atoms with Crippen molar-refractivity contribution in [3.05, 3.63) is 286 Å². The summed E-state index contributed by atoms with van der Waals surface area (Å²) < 4.78 is 12.4. The molecular formula is C73H54N2O7. The lowest BCUT2D eigenvalue weighted by atomic mass is 9.72. The fourth-order valence-electron chi connectivity index (χ4n) is 11.8. The molecule has 398 valence electrons. The monoisotopic (exact) mass is 1070 g/mol. The zero-order chi connectivity index (χ0) is 56.2. The largest absolute Gasteiger partial charge is 0.457 e. The van der Waals surface area contributed by atoms with E-state index in [0.717, 1.165) is 49.6 Å². The summed E-state index contributed by atoms with van der Waals surface area (Å²) in [4.78, 5) is 70.9. The third kappa shape index (κ3) is 9.16. The van der Waals surface area contributed by atoms with Crippen molar-refractivity contribution in [3.8, 4) is 61.8 Å². The van der Waals surface area contributed by atoms with Crippen LogP contribution in [-0.2, 0) is 21.4 Å². The van der Waals surface area contributed by atoms with Crippen molar-refractivity contribution in [1.82, 2.24) is 4.90 Å². The van der Waals surface area contributed by atoms with Crippen LogP contribution in [0.1, 0.15) is 80.5 Å². The van der Waals surface area contributed by atoms with Crippen LogP contribution in [-0.4, -0.2) is 41.2 Å². The molecule has 13 rings (SSSR count). The molecule has 0 spiro atoms. The van der Waals surface area contributed by atoms with Gasteiger partial charge in [-0.3, -0.25) is 24.0 Å². The number of carbonyl (C=O) groups excluding carboxylic acids is 5. The van der Waals surface area contributed by atoms with E-state index >= 15 is 0 Å². The molecule has 9 nitrogen and oxygen atoms in total. The molecular weight excluding hydrogens is 1020 g/mol. The van der Waals surface area contributed by atoms with Crippen LogP contribution in [0.2, 0.25) is 0 Å². The van der Waals surface area contributed by atoms with Crippen molar-refractivity contribution in [3.63, 3.8) is 0 Å². The Hall–Kier alpha value is -10.3. The number of hydrogen-bond acceptors (Lipinski definition) is 7. The van der Waals surface area contributed by atoms with E-state index in [1.165, 1.54) is 22.3 Å². The predicted molar refractivity (Wildman–Crippen MR) is 321 cm³/mol. The molecule has 4 aliphatic carbocycles. The van der Waals surface area contributed by atoms with E-state index in [1.54, 1.807) is 72.8 Å². The molecule has 1 atom stereocenters. The van der Waals surface area contributed by atoms with Gasteiger partial charge in [-0.1, -0.05) is 130 Å². The zero-order valence-electron chi connectivity index (χ0n) is 45.4. The molecule has 1 heterocycles. The van der Waals surface area contributed by atoms with E-state index in [9.17, 15) is 24.0 Å². The lowest BCUT2D eigenvalue weighted by Crippen LogP contribution is -2.31. The molecule has 1 fully saturated rings. The smallest absolute Gasteiger partial charge is 0.265 e. The summed E-state index contributed by atoms with van der Waals surface area (Å²) in [7, 11) is 0. The van der Waals surface area contributed by atoms with Crippen molar-refractivity contribution >= 4 is 35.5 Å². The summed E-state index contributed by atoms with van der Waals surface area (Å²) in [6.07, 6.45) is 17.5. The van der Waals surface area contributed by atoms with Gasteiger partial charge in [-0.25, -0.2) is 4.90 Å². The molecule has 8 aromatic rings. The normalized spacial score (nSPS) is 15.2. The maximum atomic E-state index is 14.2. The number of amides is 3. The molecule has 1 unspecified atom stereocenters. The van der Waals surface area contributed by atoms with Crippen LogP contribution >= 0.6 is 0 Å². The summed E-state index contributed by atoms with van der Waals surface area (Å²) in [5.41, 5.74) is 16.3. The highest BCUT2D eigenvalue weighted by Crippen LogP contribution is 2.49. The van der Waals surface area contributed by atoms with Gasteiger partial charge >= 0.3 is 0 Å². The first kappa shape index (κ1) is 51.2. The van der Waals surface area contributed by atoms with Crippen LogP contribution in [0.15, 0.2) is 247 Å². The van der Waals surface area contributed by atoms with E-state index in [2.05, 4.69) is 56.3 Å². The van der Waals surface area contributed by atoms with Gasteiger partial charge in [0.25, 0.3) is 11.8 Å². The van der Waals surface area contributed by atoms with E-state index in [-0.39, 0.29) is 23.4 Å². The van der Waals surface area contributed by atoms with Gasteiger partial charge in [-0.2, -0.15) is 0 Å². The molecule has 0 radical (unpaired) electrons. The van der Waals surface area contributed by atoms with Crippen LogP contribution in [0.4, 0.5) is 5.69 Å². The first-order chi connectivity index (χ1) is 39.9. The fourth-order valence-corrected chi connectivity index (χ4v) is 11.8. The Morgan fingerprint density at radius 3 is 1.72 bits per heavy atom. The molecule has 1 saturated heterocycles. The molecule has 1 aliphatic heterocycles. The first-order valence-corrected chi connectivity index (χ1v) is 27.6. The minimum absolute atomic E-state index is 0.0497. The number of allylic oxidation sites excluding steroid dienone is 8. The number of aryl methyl sites for hydroxylation is 1. The van der Waals surface area contributed by atoms with Crippen LogP contribution in [0.25, 0.3) is 44.5 Å². The van der Waals surface area contributed by atoms with Crippen LogP contribution in [0.3, 0.4) is 0 Å². The lowest BCUT2D eigenvalue weighted by molar-refractivity contribution is -0.123. The number of likely N-dealkylation sites (tertiary alicyclic amines) is 1. The van der Waals surface area contributed by atoms with Crippen molar-refractivity contribution < 1.29 is 33.4 Å². The minimum atomic E-state index is -0.458. The highest BCUT2D eigenvalue weighted by Gasteiger charge is 2.37. The summed E-state index contributed by atoms with van der Waals surface area (Å²) in [6.45, 7) is 6.74. The van der Waals surface area contributed by atoms with Crippen LogP contribution in [0, 0.1) is 5.92 Å². The molecule has 0 aromatic heterocycles. The molecule has 9 heteroatoms. The van der Waals surface area contributed by atoms with Crippen molar-refractivity contribution in [2.24, 2.45) is 5.92 Å². The zero-order valence-corrected chi connectivity index (χ0v) is 45.4. The topological polar surface area (TPSA) is 110 Å². The fraction of sp³-hybridized carbons (Fsp3) is 0.110. The van der Waals surface area contributed by atoms with Gasteiger partial charge in [-0.15, -0.1) is 0 Å². The minimum Gasteiger partial charge on any atom is -0.457 e. The number of ether oxygens (including phenoxy) is 2. The third-order valence-electron chi connectivity index (χ3n) is 16.5. The molecule has 0 N–H and O–H groups in total. The number of nitrogens with zero attached hydrogens (tertiary/aromatic N) is 2. The van der Waals surface area contributed by atoms with Crippen molar-refractivity contribution in [2.45, 2.75) is 39.0 Å². The standard InChI is InChI=1S/C73H54N2O7/c1-4-45-39-52(25-38-60(45)72(80)75(44-76)54-27-34-58(35-28-54)82-57-31-21-47(22-32-57)70(78)49-24-37-66-62-15-6-8-17-64(62)68(66)42-49)73(2,3)51-11-9-18-59-50(40-51)43-74(71(59)79)53-12-10-13-55(33-26-53)81-56-29-19-46(20-30-56)69(77)48-23-36-65-61-14-5-7-16-63(61)67(65)41-48/h5-11,13-42,44,51H,4,12,43H2,1-3H3. The van der Waals surface area contributed by atoms with Gasteiger partial charge < -0.3 is 14.4 Å². The van der Waals surface area contributed by atoms with Gasteiger partial charge in [0.15, 0.2) is 11.6 Å². The van der Waals surface area contributed by atoms with Gasteiger partial charge in [0.1, 0.15) is 23.0 Å². The Kier molecular flexibility index (Phi) is 13.0. The summed E-state index contributed by atoms with van der Waals surface area (Å²) in [5, 5.41) is 0. The first-order valence-electron chi connectivity index (χ1n) is 27.6. The highest BCUT2D eigenvalue weighted by atomic mass is 16.5. The maximum absolute atomic E-state index is 14.2. The number of hydrogen-bond donors (Lipinski definition) is 0. The number of benzene rings is 8. The number of fused-ring (bicyclic) bond motifs is 9. The predicted octanol–water partition coefficient (Wildman–Crippen LogP) is 15.6. The Labute approximate surface area is 475 Å². The number of carbonyl (C=O) groups is 5. The molecule has 0 saturated carbocycles. The van der Waals surface area contributed by atoms with Crippen LogP contribution in [0.5, 0.6) is 17.2 Å². The second-order valence-corrected chi connectivity index (χ2v) is 21.7. The molecule has 5 aliphatic rings. The number of rotatable bonds is 15. The van der Waals surface area contributed by atoms with E-state index in [4.69, 9.17) is 9.47 Å². The number of anilines is 1. The molecule has 3 amide bonds. The van der Waals surface area contributed by atoms with Crippen LogP contribution < -0.4 is 14.4 Å². The number of imide groups is 1. The van der Waals surface area contributed by atoms with Gasteiger partial charge in [0.05, 0.1) is 12.2 Å². The Bertz CT molecular complexity index is 4210. The second kappa shape index (κ2) is 20.8. The average Bonchev–Trinajstić information content (AvgIpc) is 3.76. The number of ketones is 2. The maximum Gasteiger partial charge on any atom is 0.265 e. The van der Waals surface area contributed by atoms with Crippen molar-refractivity contribution in [1.29, 1.82) is 0 Å². The average molecular weight is 1070 g/mol. The quantitative estimate of drug-likeness (QED) is 0.0743. The second-order valence-electron chi connectivity index (χ2n) is 21.7. The summed E-state index contributed by atoms with van der Waals surface area (Å²) in [6, 6.07) is 54.9. The van der Waals surface area contributed by atoms with Crippen molar-refractivity contribution in [2.75, 3.05) is 11.4 Å². The Balaban J connectivity index is 0.641. The van der Waals surface area contributed by atoms with Gasteiger partial charge in [0.2, 0.25) is 6.41 Å².